The van der Waals surface area contributed by atoms with Crippen LogP contribution < -0.4 is 10.9 Å². The molecule has 0 aliphatic carbocycles. The Morgan fingerprint density at radius 2 is 1.97 bits per heavy atom. The second-order valence-corrected chi connectivity index (χ2v) is 8.04. The number of aromatic hydroxyl groups is 1. The van der Waals surface area contributed by atoms with Crippen LogP contribution in [0.15, 0.2) is 64.2 Å². The normalized spacial score (nSPS) is 12.5. The number of nitrogens with zero attached hydrogens (tertiary/aromatic N) is 4. The third-order valence-corrected chi connectivity index (χ3v) is 5.83. The zero-order valence-corrected chi connectivity index (χ0v) is 19.1. The van der Waals surface area contributed by atoms with Gasteiger partial charge in [-0.25, -0.2) is 13.8 Å². The van der Waals surface area contributed by atoms with Crippen LogP contribution in [0.3, 0.4) is 0 Å². The molecule has 1 amide bonds. The number of carbonyl (C=O) groups is 1. The monoisotopic (exact) mass is 491 g/mol. The number of rotatable bonds is 6. The molecule has 0 saturated carbocycles. The highest BCUT2D eigenvalue weighted by atomic mass is 19.2. The van der Waals surface area contributed by atoms with E-state index in [1.54, 1.807) is 31.2 Å². The maximum absolute atomic E-state index is 14.2. The molecule has 4 rings (SSSR count). The number of anilines is 1. The van der Waals surface area contributed by atoms with Crippen molar-refractivity contribution in [3.8, 4) is 11.8 Å². The van der Waals surface area contributed by atoms with Gasteiger partial charge in [-0.15, -0.1) is 0 Å². The summed E-state index contributed by atoms with van der Waals surface area (Å²) < 4.78 is 33.7. The topological polar surface area (TPSA) is 134 Å². The van der Waals surface area contributed by atoms with Gasteiger partial charge < -0.3 is 14.9 Å². The quantitative estimate of drug-likeness (QED) is 0.419. The first kappa shape index (κ1) is 24.3. The maximum atomic E-state index is 14.2. The lowest BCUT2D eigenvalue weighted by atomic mass is 9.79. The number of nitrogens with one attached hydrogen (secondary N) is 1. The van der Waals surface area contributed by atoms with E-state index < -0.39 is 46.4 Å². The number of halogens is 2. The van der Waals surface area contributed by atoms with E-state index in [4.69, 9.17) is 0 Å². The Morgan fingerprint density at radius 3 is 2.64 bits per heavy atom. The Hall–Kier alpha value is -4.85. The highest BCUT2D eigenvalue weighted by Gasteiger charge is 2.31. The van der Waals surface area contributed by atoms with Crippen molar-refractivity contribution in [1.29, 1.82) is 5.26 Å². The van der Waals surface area contributed by atoms with Gasteiger partial charge in [-0.2, -0.15) is 5.26 Å². The third kappa shape index (κ3) is 4.44. The minimum atomic E-state index is -1.08. The molecule has 0 aliphatic heterocycles. The molecule has 2 aromatic heterocycles. The fourth-order valence-corrected chi connectivity index (χ4v) is 4.09. The molecule has 9 nitrogen and oxygen atoms in total. The van der Waals surface area contributed by atoms with Crippen molar-refractivity contribution in [1.82, 2.24) is 14.7 Å². The van der Waals surface area contributed by atoms with Crippen molar-refractivity contribution in [2.24, 2.45) is 7.05 Å². The fourth-order valence-electron chi connectivity index (χ4n) is 4.09. The van der Waals surface area contributed by atoms with E-state index in [9.17, 15) is 28.7 Å². The molecular weight excluding hydrogens is 472 g/mol. The molecule has 0 saturated heterocycles. The number of aromatic nitrogens is 3. The number of amides is 1. The Bertz CT molecular complexity index is 1540. The van der Waals surface area contributed by atoms with Gasteiger partial charge >= 0.3 is 0 Å². The van der Waals surface area contributed by atoms with Gasteiger partial charge in [0.1, 0.15) is 17.8 Å². The molecule has 182 valence electrons. The first-order valence-corrected chi connectivity index (χ1v) is 10.7. The van der Waals surface area contributed by atoms with Crippen molar-refractivity contribution in [2.45, 2.75) is 18.8 Å². The Labute approximate surface area is 203 Å². The van der Waals surface area contributed by atoms with Gasteiger partial charge in [0, 0.05) is 18.9 Å². The second kappa shape index (κ2) is 9.79. The lowest BCUT2D eigenvalue weighted by Gasteiger charge is -2.27. The number of benzene rings is 2. The lowest BCUT2D eigenvalue weighted by molar-refractivity contribution is 0.101. The number of hydrogen-bond acceptors (Lipinski definition) is 7. The minimum Gasteiger partial charge on any atom is -0.501 e. The molecule has 36 heavy (non-hydrogen) atoms. The van der Waals surface area contributed by atoms with E-state index in [-0.39, 0.29) is 17.1 Å². The van der Waals surface area contributed by atoms with Gasteiger partial charge in [-0.3, -0.25) is 14.2 Å². The summed E-state index contributed by atoms with van der Waals surface area (Å²) >= 11 is 0. The first-order chi connectivity index (χ1) is 17.2. The van der Waals surface area contributed by atoms with Crippen molar-refractivity contribution < 1.29 is 23.2 Å². The van der Waals surface area contributed by atoms with Gasteiger partial charge in [0.25, 0.3) is 11.5 Å². The van der Waals surface area contributed by atoms with Gasteiger partial charge in [-0.1, -0.05) is 36.3 Å². The Balaban J connectivity index is 1.89. The zero-order chi connectivity index (χ0) is 26.0. The van der Waals surface area contributed by atoms with E-state index in [0.29, 0.717) is 11.1 Å². The summed E-state index contributed by atoms with van der Waals surface area (Å²) in [5, 5.41) is 25.9. The number of nitriles is 1. The third-order valence-electron chi connectivity index (χ3n) is 5.83. The van der Waals surface area contributed by atoms with Crippen molar-refractivity contribution in [2.75, 3.05) is 5.32 Å². The lowest BCUT2D eigenvalue weighted by Crippen LogP contribution is -2.29. The predicted octanol–water partition coefficient (Wildman–Crippen LogP) is 3.81. The average Bonchev–Trinajstić information content (AvgIpc) is 3.38. The smallest absolute Gasteiger partial charge is 0.296 e. The van der Waals surface area contributed by atoms with Crippen molar-refractivity contribution in [3.05, 3.63) is 105 Å². The maximum Gasteiger partial charge on any atom is 0.296 e. The van der Waals surface area contributed by atoms with Gasteiger partial charge in [0.2, 0.25) is 5.75 Å². The molecule has 0 unspecified atom stereocenters. The summed E-state index contributed by atoms with van der Waals surface area (Å²) in [4.78, 5) is 29.9. The van der Waals surface area contributed by atoms with Crippen LogP contribution in [0.25, 0.3) is 0 Å². The molecule has 4 aromatic rings. The molecule has 11 heteroatoms. The summed E-state index contributed by atoms with van der Waals surface area (Å²) in [5.41, 5.74) is -0.163. The van der Waals surface area contributed by atoms with Crippen LogP contribution in [0.5, 0.6) is 5.75 Å². The summed E-state index contributed by atoms with van der Waals surface area (Å²) in [5.74, 6) is -5.33. The standard InChI is InChI=1S/C25H19F2N5O4/c1-13(20(14-7-8-18(26)19(27)9-14)17-6-4-3-5-15(17)10-28)23-31-21(22(33)25(35)32(23)2)24(34)30-16-11-29-36-12-16/h3-9,11-13,20,33H,1-2H3,(H,30,34)/t13-,20-/m0/s1. The number of carbonyl (C=O) groups excluding carboxylic acids is 1. The largest absolute Gasteiger partial charge is 0.501 e. The molecular formula is C25H19F2N5O4. The molecule has 0 spiro atoms. The first-order valence-electron chi connectivity index (χ1n) is 10.7. The Kier molecular flexibility index (Phi) is 6.60. The van der Waals surface area contributed by atoms with Crippen LogP contribution in [0.1, 0.15) is 51.8 Å². The van der Waals surface area contributed by atoms with Crippen molar-refractivity contribution >= 4 is 11.6 Å². The zero-order valence-electron chi connectivity index (χ0n) is 19.1. The molecule has 2 aromatic carbocycles. The van der Waals surface area contributed by atoms with Crippen LogP contribution in [0, 0.1) is 23.0 Å². The Morgan fingerprint density at radius 1 is 1.22 bits per heavy atom. The van der Waals surface area contributed by atoms with Crippen LogP contribution in [-0.4, -0.2) is 25.7 Å². The molecule has 2 atom stereocenters. The molecule has 2 heterocycles. The predicted molar refractivity (Wildman–Crippen MR) is 123 cm³/mol. The van der Waals surface area contributed by atoms with E-state index in [2.05, 4.69) is 26.0 Å². The van der Waals surface area contributed by atoms with Gasteiger partial charge in [0.15, 0.2) is 17.3 Å². The van der Waals surface area contributed by atoms with Crippen LogP contribution >= 0.6 is 0 Å². The molecule has 2 N–H and O–H groups in total. The van der Waals surface area contributed by atoms with Gasteiger partial charge in [-0.05, 0) is 29.3 Å². The molecule has 0 aliphatic rings. The summed E-state index contributed by atoms with van der Waals surface area (Å²) in [6, 6.07) is 12.1. The highest BCUT2D eigenvalue weighted by molar-refractivity contribution is 6.04. The second-order valence-electron chi connectivity index (χ2n) is 8.04. The fraction of sp³-hybridized carbons (Fsp3) is 0.160. The van der Waals surface area contributed by atoms with E-state index in [0.717, 1.165) is 23.0 Å². The minimum absolute atomic E-state index is 0.0655. The average molecular weight is 491 g/mol. The van der Waals surface area contributed by atoms with Gasteiger partial charge in [0.05, 0.1) is 17.8 Å². The van der Waals surface area contributed by atoms with E-state index in [1.165, 1.54) is 19.3 Å². The SMILES string of the molecule is C[C@H](c1nc(C(=O)Nc2cnoc2)c(O)c(=O)n1C)[C@@H](c1ccc(F)c(F)c1)c1ccccc1C#N. The van der Waals surface area contributed by atoms with Crippen molar-refractivity contribution in [3.63, 3.8) is 0 Å². The van der Waals surface area contributed by atoms with Crippen LogP contribution in [0.2, 0.25) is 0 Å². The molecule has 0 radical (unpaired) electrons. The van der Waals surface area contributed by atoms with Crippen LogP contribution in [-0.2, 0) is 7.05 Å². The van der Waals surface area contributed by atoms with E-state index in [1.807, 2.05) is 0 Å². The highest BCUT2D eigenvalue weighted by Crippen LogP contribution is 2.39. The summed E-state index contributed by atoms with van der Waals surface area (Å²) in [6.07, 6.45) is 2.37. The summed E-state index contributed by atoms with van der Waals surface area (Å²) in [6.45, 7) is 1.67. The number of hydrogen-bond donors (Lipinski definition) is 2. The van der Waals surface area contributed by atoms with E-state index >= 15 is 0 Å². The van der Waals surface area contributed by atoms with Crippen LogP contribution in [0.4, 0.5) is 14.5 Å². The molecule has 0 bridgehead atoms. The molecule has 0 fully saturated rings. The summed E-state index contributed by atoms with van der Waals surface area (Å²) in [7, 11) is 1.36.